The summed E-state index contributed by atoms with van der Waals surface area (Å²) in [6, 6.07) is 1.78. The first-order chi connectivity index (χ1) is 9.91. The Labute approximate surface area is 131 Å². The summed E-state index contributed by atoms with van der Waals surface area (Å²) in [5.74, 6) is 0. The molecular formula is C14H24N2O3S2. The van der Waals surface area contributed by atoms with Gasteiger partial charge in [0.2, 0.25) is 10.0 Å². The number of sulfonamides is 1. The van der Waals surface area contributed by atoms with Crippen LogP contribution in [-0.2, 0) is 21.3 Å². The van der Waals surface area contributed by atoms with Crippen LogP contribution in [0.3, 0.4) is 0 Å². The minimum Gasteiger partial charge on any atom is -0.377 e. The van der Waals surface area contributed by atoms with E-state index < -0.39 is 10.0 Å². The third kappa shape index (κ3) is 3.84. The Bertz CT molecular complexity index is 571. The van der Waals surface area contributed by atoms with Crippen molar-refractivity contribution < 1.29 is 13.2 Å². The quantitative estimate of drug-likeness (QED) is 0.866. The standard InChI is InChI=1S/C14H24N2O3S2/c1-4-15-9-12-8-13(10-20-12)21(17,18)16-7-5-6-14(2,11-16)19-3/h8,10,15H,4-7,9,11H2,1-3H3. The van der Waals surface area contributed by atoms with Gasteiger partial charge in [-0.05, 0) is 32.4 Å². The van der Waals surface area contributed by atoms with Crippen LogP contribution in [0.25, 0.3) is 0 Å². The van der Waals surface area contributed by atoms with Crippen molar-refractivity contribution in [1.29, 1.82) is 0 Å². The molecule has 7 heteroatoms. The third-order valence-electron chi connectivity index (χ3n) is 3.93. The second kappa shape index (κ2) is 6.75. The minimum atomic E-state index is -3.41. The Kier molecular flexibility index (Phi) is 5.43. The molecule has 0 aliphatic carbocycles. The molecule has 0 radical (unpaired) electrons. The van der Waals surface area contributed by atoms with Crippen LogP contribution in [-0.4, -0.2) is 45.1 Å². The van der Waals surface area contributed by atoms with Crippen molar-refractivity contribution in [3.8, 4) is 0 Å². The van der Waals surface area contributed by atoms with E-state index in [1.54, 1.807) is 22.9 Å². The number of methoxy groups -OCH3 is 1. The zero-order valence-corrected chi connectivity index (χ0v) is 14.5. The molecule has 1 aliphatic heterocycles. The first-order valence-corrected chi connectivity index (χ1v) is 9.57. The lowest BCUT2D eigenvalue weighted by Gasteiger charge is -2.38. The molecule has 0 spiro atoms. The predicted octanol–water partition coefficient (Wildman–Crippen LogP) is 2.05. The highest BCUT2D eigenvalue weighted by Crippen LogP contribution is 2.30. The second-order valence-corrected chi connectivity index (χ2v) is 8.56. The van der Waals surface area contributed by atoms with Gasteiger partial charge in [0.25, 0.3) is 0 Å². The molecule has 5 nitrogen and oxygen atoms in total. The van der Waals surface area contributed by atoms with Gasteiger partial charge in [-0.15, -0.1) is 11.3 Å². The van der Waals surface area contributed by atoms with Gasteiger partial charge in [-0.3, -0.25) is 0 Å². The number of hydrogen-bond donors (Lipinski definition) is 1. The van der Waals surface area contributed by atoms with E-state index in [2.05, 4.69) is 5.32 Å². The van der Waals surface area contributed by atoms with Crippen molar-refractivity contribution >= 4 is 21.4 Å². The summed E-state index contributed by atoms with van der Waals surface area (Å²) in [4.78, 5) is 1.45. The van der Waals surface area contributed by atoms with Gasteiger partial charge >= 0.3 is 0 Å². The maximum Gasteiger partial charge on any atom is 0.244 e. The van der Waals surface area contributed by atoms with Gasteiger partial charge in [0.15, 0.2) is 0 Å². The molecule has 1 saturated heterocycles. The molecule has 2 heterocycles. The molecule has 1 N–H and O–H groups in total. The lowest BCUT2D eigenvalue weighted by Crippen LogP contribution is -2.49. The van der Waals surface area contributed by atoms with Crippen molar-refractivity contribution in [3.63, 3.8) is 0 Å². The number of nitrogens with one attached hydrogen (secondary N) is 1. The Morgan fingerprint density at radius 3 is 2.95 bits per heavy atom. The van der Waals surface area contributed by atoms with Gasteiger partial charge in [0.05, 0.1) is 10.5 Å². The summed E-state index contributed by atoms with van der Waals surface area (Å²) in [6.45, 7) is 6.58. The van der Waals surface area contributed by atoms with Crippen molar-refractivity contribution in [2.45, 2.75) is 43.7 Å². The summed E-state index contributed by atoms with van der Waals surface area (Å²) in [5.41, 5.74) is -0.381. The van der Waals surface area contributed by atoms with Gasteiger partial charge in [0.1, 0.15) is 0 Å². The first kappa shape index (κ1) is 16.9. The highest BCUT2D eigenvalue weighted by Gasteiger charge is 2.37. The second-order valence-electron chi connectivity index (χ2n) is 5.63. The first-order valence-electron chi connectivity index (χ1n) is 7.25. The molecule has 1 atom stereocenters. The summed E-state index contributed by atoms with van der Waals surface area (Å²) in [6.07, 6.45) is 1.72. The summed E-state index contributed by atoms with van der Waals surface area (Å²) >= 11 is 1.49. The Morgan fingerprint density at radius 2 is 2.29 bits per heavy atom. The Hall–Kier alpha value is -0.470. The van der Waals surface area contributed by atoms with E-state index in [0.29, 0.717) is 24.5 Å². The maximum absolute atomic E-state index is 12.7. The van der Waals surface area contributed by atoms with Gasteiger partial charge in [-0.2, -0.15) is 4.31 Å². The third-order valence-corrected chi connectivity index (χ3v) is 6.84. The lowest BCUT2D eigenvalue weighted by atomic mass is 9.96. The average Bonchev–Trinajstić information content (AvgIpc) is 2.95. The molecule has 1 aliphatic rings. The van der Waals surface area contributed by atoms with Crippen LogP contribution in [0.5, 0.6) is 0 Å². The maximum atomic E-state index is 12.7. The lowest BCUT2D eigenvalue weighted by molar-refractivity contribution is -0.0319. The molecule has 1 unspecified atom stereocenters. The SMILES string of the molecule is CCNCc1cc(S(=O)(=O)N2CCCC(C)(OC)C2)cs1. The smallest absolute Gasteiger partial charge is 0.244 e. The molecule has 2 rings (SSSR count). The van der Waals surface area contributed by atoms with E-state index in [1.165, 1.54) is 11.3 Å². The molecule has 120 valence electrons. The number of rotatable bonds is 6. The highest BCUT2D eigenvalue weighted by molar-refractivity contribution is 7.89. The van der Waals surface area contributed by atoms with Crippen LogP contribution in [0, 0.1) is 0 Å². The van der Waals surface area contributed by atoms with Crippen LogP contribution < -0.4 is 5.32 Å². The highest BCUT2D eigenvalue weighted by atomic mass is 32.2. The molecule has 0 amide bonds. The largest absolute Gasteiger partial charge is 0.377 e. The van der Waals surface area contributed by atoms with Crippen molar-refractivity contribution in [2.75, 3.05) is 26.7 Å². The fourth-order valence-corrected chi connectivity index (χ4v) is 5.34. The van der Waals surface area contributed by atoms with E-state index in [1.807, 2.05) is 13.8 Å². The van der Waals surface area contributed by atoms with Gasteiger partial charge < -0.3 is 10.1 Å². The zero-order valence-electron chi connectivity index (χ0n) is 12.9. The molecule has 1 aromatic rings. The Morgan fingerprint density at radius 1 is 1.52 bits per heavy atom. The van der Waals surface area contributed by atoms with E-state index in [-0.39, 0.29) is 5.60 Å². The van der Waals surface area contributed by atoms with Gasteiger partial charge in [-0.25, -0.2) is 8.42 Å². The number of ether oxygens (including phenoxy) is 1. The van der Waals surface area contributed by atoms with Crippen molar-refractivity contribution in [2.24, 2.45) is 0 Å². The summed E-state index contributed by atoms with van der Waals surface area (Å²) < 4.78 is 32.5. The average molecular weight is 332 g/mol. The van der Waals surface area contributed by atoms with Gasteiger partial charge in [-0.1, -0.05) is 6.92 Å². The molecule has 0 aromatic carbocycles. The van der Waals surface area contributed by atoms with Crippen LogP contribution in [0.15, 0.2) is 16.3 Å². The fourth-order valence-electron chi connectivity index (χ4n) is 2.52. The molecule has 1 fully saturated rings. The number of piperidine rings is 1. The summed E-state index contributed by atoms with van der Waals surface area (Å²) in [5, 5.41) is 4.95. The fraction of sp³-hybridized carbons (Fsp3) is 0.714. The van der Waals surface area contributed by atoms with Crippen LogP contribution in [0.2, 0.25) is 0 Å². The number of hydrogen-bond acceptors (Lipinski definition) is 5. The Balaban J connectivity index is 2.15. The van der Waals surface area contributed by atoms with E-state index >= 15 is 0 Å². The normalized spacial score (nSPS) is 24.3. The molecule has 0 saturated carbocycles. The number of nitrogens with zero attached hydrogens (tertiary/aromatic N) is 1. The van der Waals surface area contributed by atoms with Crippen LogP contribution in [0.4, 0.5) is 0 Å². The molecule has 0 bridgehead atoms. The number of thiophene rings is 1. The van der Waals surface area contributed by atoms with E-state index in [0.717, 1.165) is 24.3 Å². The van der Waals surface area contributed by atoms with E-state index in [4.69, 9.17) is 4.74 Å². The topological polar surface area (TPSA) is 58.6 Å². The van der Waals surface area contributed by atoms with Crippen LogP contribution in [0.1, 0.15) is 31.6 Å². The molecular weight excluding hydrogens is 308 g/mol. The van der Waals surface area contributed by atoms with Crippen LogP contribution >= 0.6 is 11.3 Å². The minimum absolute atomic E-state index is 0.381. The van der Waals surface area contributed by atoms with Crippen molar-refractivity contribution in [1.82, 2.24) is 9.62 Å². The van der Waals surface area contributed by atoms with E-state index in [9.17, 15) is 8.42 Å². The molecule has 21 heavy (non-hydrogen) atoms. The molecule has 1 aromatic heterocycles. The predicted molar refractivity (Wildman–Crippen MR) is 85.1 cm³/mol. The van der Waals surface area contributed by atoms with Crippen molar-refractivity contribution in [3.05, 3.63) is 16.3 Å². The van der Waals surface area contributed by atoms with Gasteiger partial charge in [0, 0.05) is 37.0 Å². The zero-order chi connectivity index (χ0) is 15.5. The monoisotopic (exact) mass is 332 g/mol. The summed E-state index contributed by atoms with van der Waals surface area (Å²) in [7, 11) is -1.76.